The molecule has 4 heteroatoms. The number of benzene rings is 1. The number of methoxy groups -OCH3 is 1. The first kappa shape index (κ1) is 18.5. The molecule has 4 fully saturated rings. The van der Waals surface area contributed by atoms with Crippen LogP contribution >= 0.6 is 0 Å². The maximum Gasteiger partial charge on any atom is 0.310 e. The van der Waals surface area contributed by atoms with Gasteiger partial charge in [0.1, 0.15) is 5.75 Å². The first-order valence-corrected chi connectivity index (χ1v) is 11.0. The van der Waals surface area contributed by atoms with Crippen LogP contribution < -0.4 is 4.74 Å². The van der Waals surface area contributed by atoms with Crippen LogP contribution in [-0.4, -0.2) is 43.2 Å². The van der Waals surface area contributed by atoms with Gasteiger partial charge in [0, 0.05) is 24.0 Å². The molecule has 5 aliphatic rings. The van der Waals surface area contributed by atoms with Gasteiger partial charge in [-0.1, -0.05) is 19.9 Å². The Morgan fingerprint density at radius 3 is 2.71 bits per heavy atom. The quantitative estimate of drug-likeness (QED) is 0.722. The number of rotatable bonds is 5. The zero-order chi connectivity index (χ0) is 19.7. The Morgan fingerprint density at radius 2 is 2.04 bits per heavy atom. The second-order valence-electron chi connectivity index (χ2n) is 9.97. The highest BCUT2D eigenvalue weighted by molar-refractivity contribution is 5.74. The van der Waals surface area contributed by atoms with E-state index in [9.17, 15) is 4.79 Å². The van der Waals surface area contributed by atoms with Crippen LogP contribution in [-0.2, 0) is 21.4 Å². The van der Waals surface area contributed by atoms with E-state index in [2.05, 4.69) is 36.9 Å². The lowest BCUT2D eigenvalue weighted by molar-refractivity contribution is -0.185. The first-order chi connectivity index (χ1) is 13.4. The number of nitrogens with zero attached hydrogens (tertiary/aromatic N) is 1. The molecule has 0 amide bonds. The molecule has 1 aromatic carbocycles. The minimum Gasteiger partial charge on any atom is -0.497 e. The van der Waals surface area contributed by atoms with Crippen LogP contribution in [0.2, 0.25) is 0 Å². The molecule has 4 nitrogen and oxygen atoms in total. The molecule has 3 unspecified atom stereocenters. The summed E-state index contributed by atoms with van der Waals surface area (Å²) in [6, 6.07) is 7.47. The summed E-state index contributed by atoms with van der Waals surface area (Å²) in [6.45, 7) is 8.44. The van der Waals surface area contributed by atoms with Crippen molar-refractivity contribution < 1.29 is 14.3 Å². The summed E-state index contributed by atoms with van der Waals surface area (Å²) < 4.78 is 11.1. The summed E-state index contributed by atoms with van der Waals surface area (Å²) in [6.07, 6.45) is 5.76. The third-order valence-electron chi connectivity index (χ3n) is 8.63. The Kier molecular flexibility index (Phi) is 4.11. The van der Waals surface area contributed by atoms with Crippen molar-refractivity contribution in [3.8, 4) is 5.75 Å². The molecule has 0 spiro atoms. The Morgan fingerprint density at radius 1 is 1.25 bits per heavy atom. The van der Waals surface area contributed by atoms with Gasteiger partial charge in [0.2, 0.25) is 0 Å². The van der Waals surface area contributed by atoms with E-state index in [1.807, 2.05) is 6.92 Å². The third kappa shape index (κ3) is 2.43. The van der Waals surface area contributed by atoms with Crippen molar-refractivity contribution in [2.75, 3.05) is 20.3 Å². The van der Waals surface area contributed by atoms with E-state index in [0.29, 0.717) is 18.7 Å². The molecule has 6 rings (SSSR count). The Labute approximate surface area is 168 Å². The van der Waals surface area contributed by atoms with Gasteiger partial charge in [0.05, 0.1) is 19.6 Å². The lowest BCUT2D eigenvalue weighted by Gasteiger charge is -2.70. The summed E-state index contributed by atoms with van der Waals surface area (Å²) >= 11 is 0. The van der Waals surface area contributed by atoms with Gasteiger partial charge < -0.3 is 9.47 Å². The van der Waals surface area contributed by atoms with Gasteiger partial charge in [-0.2, -0.15) is 0 Å². The minimum atomic E-state index is 0.0141. The summed E-state index contributed by atoms with van der Waals surface area (Å²) in [5, 5.41) is 0. The molecule has 28 heavy (non-hydrogen) atoms. The molecule has 152 valence electrons. The number of fused-ring (bicyclic) bond motifs is 2. The fourth-order valence-electron chi connectivity index (χ4n) is 6.75. The minimum absolute atomic E-state index is 0.0141. The van der Waals surface area contributed by atoms with Gasteiger partial charge in [-0.15, -0.1) is 0 Å². The number of esters is 1. The van der Waals surface area contributed by atoms with E-state index in [-0.39, 0.29) is 22.7 Å². The molecule has 0 radical (unpaired) electrons. The highest BCUT2D eigenvalue weighted by atomic mass is 16.5. The van der Waals surface area contributed by atoms with E-state index >= 15 is 0 Å². The number of hydrogen-bond donors (Lipinski definition) is 0. The number of piperidine rings is 2. The second-order valence-corrected chi connectivity index (χ2v) is 9.97. The van der Waals surface area contributed by atoms with Gasteiger partial charge in [-0.3, -0.25) is 9.69 Å². The Hall–Kier alpha value is -1.55. The lowest BCUT2D eigenvalue weighted by atomic mass is 9.42. The second kappa shape index (κ2) is 6.22. The van der Waals surface area contributed by atoms with Gasteiger partial charge in [0.15, 0.2) is 0 Å². The molecule has 2 saturated carbocycles. The van der Waals surface area contributed by atoms with Crippen molar-refractivity contribution >= 4 is 5.97 Å². The van der Waals surface area contributed by atoms with Crippen molar-refractivity contribution in [3.05, 3.63) is 29.3 Å². The first-order valence-electron chi connectivity index (χ1n) is 11.0. The Balaban J connectivity index is 1.60. The lowest BCUT2D eigenvalue weighted by Crippen LogP contribution is -2.74. The van der Waals surface area contributed by atoms with Crippen LogP contribution in [0.1, 0.15) is 57.6 Å². The topological polar surface area (TPSA) is 38.8 Å². The summed E-state index contributed by atoms with van der Waals surface area (Å²) in [5.74, 6) is 1.81. The van der Waals surface area contributed by atoms with Crippen LogP contribution in [0.4, 0.5) is 0 Å². The molecule has 2 saturated heterocycles. The van der Waals surface area contributed by atoms with Crippen molar-refractivity contribution in [2.45, 2.75) is 70.4 Å². The smallest absolute Gasteiger partial charge is 0.310 e. The number of hydrogen-bond acceptors (Lipinski definition) is 4. The van der Waals surface area contributed by atoms with Gasteiger partial charge in [0.25, 0.3) is 0 Å². The molecule has 1 aromatic rings. The SMILES string of the molecule is CCOC(=O)C1C[C@@]2(C)C3Cc4ccc(OC)cc4[C@@]2(C)CC1N3CC1CC1. The van der Waals surface area contributed by atoms with Crippen molar-refractivity contribution in [1.82, 2.24) is 4.90 Å². The molecule has 0 aromatic heterocycles. The van der Waals surface area contributed by atoms with Crippen molar-refractivity contribution in [2.24, 2.45) is 17.3 Å². The van der Waals surface area contributed by atoms with Crippen LogP contribution in [0.25, 0.3) is 0 Å². The van der Waals surface area contributed by atoms with Crippen LogP contribution in [0.5, 0.6) is 5.75 Å². The maximum atomic E-state index is 12.9. The summed E-state index contributed by atoms with van der Waals surface area (Å²) in [4.78, 5) is 15.6. The Bertz CT molecular complexity index is 803. The standard InChI is InChI=1S/C24H33NO3/c1-5-28-22(26)18-12-24(3)21-10-16-8-9-17(27-4)11-19(16)23(24,2)13-20(18)25(21)14-15-6-7-15/h8-9,11,15,18,20-21H,5-7,10,12-14H2,1-4H3/t18?,20?,21?,23-,24+/m1/s1. The van der Waals surface area contributed by atoms with E-state index in [4.69, 9.17) is 9.47 Å². The molecule has 0 N–H and O–H groups in total. The van der Waals surface area contributed by atoms with E-state index in [1.54, 1.807) is 7.11 Å². The molecule has 4 bridgehead atoms. The highest BCUT2D eigenvalue weighted by Crippen LogP contribution is 2.65. The molecule has 2 aliphatic heterocycles. The monoisotopic (exact) mass is 383 g/mol. The molecule has 2 heterocycles. The van der Waals surface area contributed by atoms with E-state index in [0.717, 1.165) is 37.5 Å². The van der Waals surface area contributed by atoms with Crippen LogP contribution in [0.3, 0.4) is 0 Å². The van der Waals surface area contributed by atoms with E-state index in [1.165, 1.54) is 24.0 Å². The number of carbonyl (C=O) groups is 1. The predicted octanol–water partition coefficient (Wildman–Crippen LogP) is 3.95. The van der Waals surface area contributed by atoms with Crippen molar-refractivity contribution in [1.29, 1.82) is 0 Å². The highest BCUT2D eigenvalue weighted by Gasteiger charge is 2.67. The number of carbonyl (C=O) groups excluding carboxylic acids is 1. The molecule has 3 aliphatic carbocycles. The van der Waals surface area contributed by atoms with Crippen LogP contribution in [0, 0.1) is 17.3 Å². The van der Waals surface area contributed by atoms with Crippen LogP contribution in [0.15, 0.2) is 18.2 Å². The fraction of sp³-hybridized carbons (Fsp3) is 0.708. The van der Waals surface area contributed by atoms with Gasteiger partial charge in [-0.25, -0.2) is 0 Å². The van der Waals surface area contributed by atoms with E-state index < -0.39 is 0 Å². The zero-order valence-electron chi connectivity index (χ0n) is 17.7. The third-order valence-corrected chi connectivity index (χ3v) is 8.63. The maximum absolute atomic E-state index is 12.9. The van der Waals surface area contributed by atoms with Gasteiger partial charge in [-0.05, 0) is 73.6 Å². The largest absolute Gasteiger partial charge is 0.497 e. The average molecular weight is 384 g/mol. The molecule has 5 atom stereocenters. The number of ether oxygens (including phenoxy) is 2. The summed E-state index contributed by atoms with van der Waals surface area (Å²) in [7, 11) is 1.75. The molecular formula is C24H33NO3. The van der Waals surface area contributed by atoms with Crippen molar-refractivity contribution in [3.63, 3.8) is 0 Å². The molecular weight excluding hydrogens is 350 g/mol. The fourth-order valence-corrected chi connectivity index (χ4v) is 6.75. The van der Waals surface area contributed by atoms with Gasteiger partial charge >= 0.3 is 5.97 Å². The average Bonchev–Trinajstić information content (AvgIpc) is 3.49. The normalized spacial score (nSPS) is 38.8. The summed E-state index contributed by atoms with van der Waals surface area (Å²) in [5.41, 5.74) is 3.07. The predicted molar refractivity (Wildman–Crippen MR) is 109 cm³/mol. The zero-order valence-corrected chi connectivity index (χ0v) is 17.7.